The van der Waals surface area contributed by atoms with Gasteiger partial charge in [-0.05, 0) is 29.2 Å². The summed E-state index contributed by atoms with van der Waals surface area (Å²) >= 11 is 5.48. The van der Waals surface area contributed by atoms with E-state index in [1.165, 1.54) is 0 Å². The fraction of sp³-hybridized carbons (Fsp3) is 0.200. The van der Waals surface area contributed by atoms with E-state index in [9.17, 15) is 32.2 Å². The number of ether oxygens (including phenoxy) is 1. The van der Waals surface area contributed by atoms with Gasteiger partial charge in [0, 0.05) is 17.7 Å². The zero-order valence-corrected chi connectivity index (χ0v) is 14.7. The van der Waals surface area contributed by atoms with Crippen molar-refractivity contribution in [1.29, 1.82) is 0 Å². The second-order valence-electron chi connectivity index (χ2n) is 5.05. The molecule has 0 N–H and O–H groups in total. The van der Waals surface area contributed by atoms with Gasteiger partial charge >= 0.3 is 19.0 Å². The summed E-state index contributed by atoms with van der Waals surface area (Å²) in [6, 6.07) is 3.81. The molecule has 0 aliphatic heterocycles. The largest absolute Gasteiger partial charge is 0.501 e. The van der Waals surface area contributed by atoms with E-state index in [1.807, 2.05) is 0 Å². The Morgan fingerprint density at radius 3 is 2.35 bits per heavy atom. The number of nitro benzene ring substituents is 1. The lowest BCUT2D eigenvalue weighted by atomic mass is 10.1. The third kappa shape index (κ3) is 4.28. The molecule has 0 fully saturated rings. The van der Waals surface area contributed by atoms with Crippen molar-refractivity contribution in [3.63, 3.8) is 0 Å². The zero-order valence-electron chi connectivity index (χ0n) is 13.0. The third-order valence-corrected chi connectivity index (χ3v) is 4.69. The van der Waals surface area contributed by atoms with Crippen molar-refractivity contribution in [2.75, 3.05) is 0 Å². The number of hydrogen-bond acceptors (Lipinski definition) is 4. The Kier molecular flexibility index (Phi) is 5.83. The monoisotopic (exact) mass is 410 g/mol. The van der Waals surface area contributed by atoms with Crippen molar-refractivity contribution < 1.29 is 31.8 Å². The Bertz CT molecular complexity index is 889. The molecule has 2 rings (SSSR count). The van der Waals surface area contributed by atoms with E-state index in [0.717, 1.165) is 18.2 Å². The van der Waals surface area contributed by atoms with E-state index < -0.39 is 41.1 Å². The molecule has 0 aromatic heterocycles. The van der Waals surface area contributed by atoms with Gasteiger partial charge < -0.3 is 4.74 Å². The lowest BCUT2D eigenvalue weighted by molar-refractivity contribution is -0.383. The highest BCUT2D eigenvalue weighted by Crippen LogP contribution is 2.38. The van der Waals surface area contributed by atoms with Crippen LogP contribution in [0.4, 0.5) is 23.2 Å². The van der Waals surface area contributed by atoms with Crippen molar-refractivity contribution in [2.45, 2.75) is 19.5 Å². The standard InChI is InChI=1S/C15H10ClF4NO4P/c1-2-8-5-11(21(22)23)14(26(16)24)7-13(8)25-12-4-3-9(6-10(12)17)15(18,19)20/h3-7H,2H2,1H3/q+1. The minimum absolute atomic E-state index is 0.0873. The van der Waals surface area contributed by atoms with Gasteiger partial charge in [0.25, 0.3) is 5.30 Å². The quantitative estimate of drug-likeness (QED) is 0.274. The molecule has 0 aliphatic rings. The minimum atomic E-state index is -4.72. The number of alkyl halides is 3. The van der Waals surface area contributed by atoms with Gasteiger partial charge in [-0.3, -0.25) is 10.1 Å². The van der Waals surface area contributed by atoms with Gasteiger partial charge in [-0.25, -0.2) is 4.39 Å². The number of aryl methyl sites for hydroxylation is 1. The molecule has 138 valence electrons. The van der Waals surface area contributed by atoms with Crippen LogP contribution in [0.15, 0.2) is 30.3 Å². The Labute approximate surface area is 150 Å². The van der Waals surface area contributed by atoms with Gasteiger partial charge in [-0.2, -0.15) is 13.2 Å². The van der Waals surface area contributed by atoms with Crippen LogP contribution >= 0.6 is 18.4 Å². The number of nitrogens with zero attached hydrogens (tertiary/aromatic N) is 1. The summed E-state index contributed by atoms with van der Waals surface area (Å²) in [5.74, 6) is -1.87. The van der Waals surface area contributed by atoms with Crippen LogP contribution in [-0.2, 0) is 17.2 Å². The summed E-state index contributed by atoms with van der Waals surface area (Å²) in [6.45, 7) is 1.63. The lowest BCUT2D eigenvalue weighted by Gasteiger charge is -2.12. The summed E-state index contributed by atoms with van der Waals surface area (Å²) in [5, 5.41) is 10.7. The first-order valence-electron chi connectivity index (χ1n) is 7.03. The number of nitro groups is 1. The molecule has 0 aliphatic carbocycles. The number of benzene rings is 2. The van der Waals surface area contributed by atoms with Crippen LogP contribution in [0.3, 0.4) is 0 Å². The number of halogens is 5. The van der Waals surface area contributed by atoms with Gasteiger partial charge in [0.2, 0.25) is 11.2 Å². The Morgan fingerprint density at radius 2 is 1.88 bits per heavy atom. The molecule has 0 saturated heterocycles. The van der Waals surface area contributed by atoms with Crippen LogP contribution in [0.2, 0.25) is 0 Å². The first-order valence-corrected chi connectivity index (χ1v) is 9.20. The molecular formula is C15H10ClF4NO4P+. The summed E-state index contributed by atoms with van der Waals surface area (Å²) in [5.41, 5.74) is -1.40. The highest BCUT2D eigenvalue weighted by Gasteiger charge is 2.33. The predicted octanol–water partition coefficient (Wildman–Crippen LogP) is 5.71. The van der Waals surface area contributed by atoms with Gasteiger partial charge in [-0.15, -0.1) is 0 Å². The molecular weight excluding hydrogens is 401 g/mol. The minimum Gasteiger partial charge on any atom is -0.454 e. The van der Waals surface area contributed by atoms with Crippen LogP contribution in [0.25, 0.3) is 0 Å². The topological polar surface area (TPSA) is 69.4 Å². The summed E-state index contributed by atoms with van der Waals surface area (Å²) < 4.78 is 68.5. The van der Waals surface area contributed by atoms with Crippen LogP contribution < -0.4 is 10.0 Å². The molecule has 1 unspecified atom stereocenters. The first-order chi connectivity index (χ1) is 12.0. The molecule has 2 aromatic carbocycles. The lowest BCUT2D eigenvalue weighted by Crippen LogP contribution is -2.08. The average molecular weight is 411 g/mol. The smallest absolute Gasteiger partial charge is 0.454 e. The fourth-order valence-electron chi connectivity index (χ4n) is 2.14. The van der Waals surface area contributed by atoms with E-state index in [-0.39, 0.29) is 29.1 Å². The number of hydrogen-bond donors (Lipinski definition) is 0. The highest BCUT2D eigenvalue weighted by molar-refractivity contribution is 7.80. The average Bonchev–Trinajstić information content (AvgIpc) is 2.54. The van der Waals surface area contributed by atoms with Gasteiger partial charge in [0.05, 0.1) is 10.5 Å². The molecule has 2 aromatic rings. The highest BCUT2D eigenvalue weighted by atomic mass is 35.7. The molecule has 1 atom stereocenters. The maximum atomic E-state index is 14.0. The van der Waals surface area contributed by atoms with Crippen LogP contribution in [0, 0.1) is 15.9 Å². The molecule has 0 radical (unpaired) electrons. The van der Waals surface area contributed by atoms with E-state index >= 15 is 0 Å². The van der Waals surface area contributed by atoms with Crippen molar-refractivity contribution in [3.8, 4) is 11.5 Å². The fourth-order valence-corrected chi connectivity index (χ4v) is 3.09. The van der Waals surface area contributed by atoms with Crippen molar-refractivity contribution in [2.24, 2.45) is 0 Å². The normalized spacial score (nSPS) is 12.0. The van der Waals surface area contributed by atoms with Crippen molar-refractivity contribution in [1.82, 2.24) is 0 Å². The Morgan fingerprint density at radius 1 is 1.23 bits per heavy atom. The summed E-state index contributed by atoms with van der Waals surface area (Å²) in [7, 11) is -2.63. The molecule has 11 heteroatoms. The first kappa shape index (κ1) is 20.1. The molecule has 0 amide bonds. The zero-order chi connectivity index (χ0) is 19.6. The molecule has 0 spiro atoms. The van der Waals surface area contributed by atoms with Crippen LogP contribution in [0.5, 0.6) is 11.5 Å². The summed E-state index contributed by atoms with van der Waals surface area (Å²) in [6.07, 6.45) is -4.48. The summed E-state index contributed by atoms with van der Waals surface area (Å²) in [4.78, 5) is 10.3. The maximum absolute atomic E-state index is 14.0. The van der Waals surface area contributed by atoms with Crippen LogP contribution in [0.1, 0.15) is 18.1 Å². The Balaban J connectivity index is 2.51. The van der Waals surface area contributed by atoms with Gasteiger partial charge in [0.1, 0.15) is 5.75 Å². The van der Waals surface area contributed by atoms with E-state index in [1.54, 1.807) is 6.92 Å². The van der Waals surface area contributed by atoms with E-state index in [2.05, 4.69) is 0 Å². The number of rotatable bonds is 5. The van der Waals surface area contributed by atoms with Crippen LogP contribution in [-0.4, -0.2) is 4.92 Å². The van der Waals surface area contributed by atoms with E-state index in [4.69, 9.17) is 16.0 Å². The third-order valence-electron chi connectivity index (χ3n) is 3.40. The van der Waals surface area contributed by atoms with E-state index in [0.29, 0.717) is 6.07 Å². The molecule has 0 saturated carbocycles. The molecule has 0 heterocycles. The van der Waals surface area contributed by atoms with Gasteiger partial charge in [0.15, 0.2) is 11.6 Å². The predicted molar refractivity (Wildman–Crippen MR) is 87.0 cm³/mol. The second-order valence-corrected chi connectivity index (χ2v) is 6.94. The molecule has 0 bridgehead atoms. The van der Waals surface area contributed by atoms with Crippen molar-refractivity contribution >= 4 is 29.4 Å². The van der Waals surface area contributed by atoms with Gasteiger partial charge in [-0.1, -0.05) is 6.92 Å². The Hall–Kier alpha value is -2.25. The molecule has 5 nitrogen and oxygen atoms in total. The van der Waals surface area contributed by atoms with Crippen molar-refractivity contribution in [3.05, 3.63) is 57.4 Å². The maximum Gasteiger partial charge on any atom is 0.501 e. The molecule has 26 heavy (non-hydrogen) atoms. The second kappa shape index (κ2) is 7.55. The SMILES string of the molecule is CCc1cc([N+](=O)[O-])c([P+](=O)Cl)cc1Oc1ccc(C(F)(F)F)cc1F.